The summed E-state index contributed by atoms with van der Waals surface area (Å²) in [5.41, 5.74) is 8.33. The van der Waals surface area contributed by atoms with Crippen molar-refractivity contribution in [3.8, 4) is 5.69 Å². The molecule has 1 aromatic heterocycles. The highest BCUT2D eigenvalue weighted by Crippen LogP contribution is 2.24. The van der Waals surface area contributed by atoms with Gasteiger partial charge in [0.1, 0.15) is 11.4 Å². The zero-order chi connectivity index (χ0) is 14.9. The van der Waals surface area contributed by atoms with Crippen LogP contribution in [-0.2, 0) is 10.2 Å². The molecular formula is C15H19N3O2. The summed E-state index contributed by atoms with van der Waals surface area (Å²) in [5, 5.41) is 4.14. The molecule has 0 saturated heterocycles. The van der Waals surface area contributed by atoms with E-state index in [1.165, 1.54) is 23.6 Å². The van der Waals surface area contributed by atoms with Crippen LogP contribution in [0.2, 0.25) is 0 Å². The maximum absolute atomic E-state index is 11.5. The second kappa shape index (κ2) is 5.00. The second-order valence-corrected chi connectivity index (χ2v) is 5.64. The highest BCUT2D eigenvalue weighted by molar-refractivity contribution is 5.94. The van der Waals surface area contributed by atoms with Gasteiger partial charge in [-0.25, -0.2) is 9.48 Å². The maximum atomic E-state index is 11.5. The Hall–Kier alpha value is -2.30. The van der Waals surface area contributed by atoms with Crippen LogP contribution in [0.4, 0.5) is 5.82 Å². The number of nitrogens with zero attached hydrogens (tertiary/aromatic N) is 2. The molecule has 5 nitrogen and oxygen atoms in total. The van der Waals surface area contributed by atoms with Gasteiger partial charge in [0.15, 0.2) is 0 Å². The smallest absolute Gasteiger partial charge is 0.343 e. The summed E-state index contributed by atoms with van der Waals surface area (Å²) in [6, 6.07) is 7.94. The first-order valence-corrected chi connectivity index (χ1v) is 6.37. The monoisotopic (exact) mass is 273 g/mol. The summed E-state index contributed by atoms with van der Waals surface area (Å²) in [7, 11) is 1.32. The molecule has 20 heavy (non-hydrogen) atoms. The Balaban J connectivity index is 2.38. The topological polar surface area (TPSA) is 70.1 Å². The predicted octanol–water partition coefficient (Wildman–Crippen LogP) is 2.54. The van der Waals surface area contributed by atoms with Crippen LogP contribution in [0.3, 0.4) is 0 Å². The minimum absolute atomic E-state index is 0.0887. The Bertz CT molecular complexity index is 622. The van der Waals surface area contributed by atoms with E-state index in [0.717, 1.165) is 5.69 Å². The molecule has 1 aromatic carbocycles. The maximum Gasteiger partial charge on any atom is 0.343 e. The van der Waals surface area contributed by atoms with Crippen LogP contribution in [0.5, 0.6) is 0 Å². The minimum atomic E-state index is -0.486. The standard InChI is InChI=1S/C15H19N3O2/c1-15(2,3)10-5-7-11(8-6-10)18-13(16)12(9-17-18)14(19)20-4/h5-9H,16H2,1-4H3. The van der Waals surface area contributed by atoms with Crippen molar-refractivity contribution in [1.29, 1.82) is 0 Å². The van der Waals surface area contributed by atoms with Gasteiger partial charge in [0.25, 0.3) is 0 Å². The highest BCUT2D eigenvalue weighted by atomic mass is 16.5. The largest absolute Gasteiger partial charge is 0.465 e. The third-order valence-electron chi connectivity index (χ3n) is 3.19. The Morgan fingerprint density at radius 1 is 1.25 bits per heavy atom. The molecule has 0 aliphatic carbocycles. The number of nitrogens with two attached hydrogens (primary N) is 1. The molecule has 0 radical (unpaired) electrons. The molecule has 0 saturated carbocycles. The number of hydrogen-bond donors (Lipinski definition) is 1. The Kier molecular flexibility index (Phi) is 3.53. The van der Waals surface area contributed by atoms with Crippen LogP contribution in [0, 0.1) is 0 Å². The van der Waals surface area contributed by atoms with Gasteiger partial charge in [0.2, 0.25) is 0 Å². The van der Waals surface area contributed by atoms with Crippen LogP contribution >= 0.6 is 0 Å². The SMILES string of the molecule is COC(=O)c1cnn(-c2ccc(C(C)(C)C)cc2)c1N. The lowest BCUT2D eigenvalue weighted by molar-refractivity contribution is 0.0602. The van der Waals surface area contributed by atoms with Gasteiger partial charge < -0.3 is 10.5 Å². The number of esters is 1. The van der Waals surface area contributed by atoms with E-state index in [-0.39, 0.29) is 16.8 Å². The molecule has 1 heterocycles. The molecule has 2 aromatic rings. The number of hydrogen-bond acceptors (Lipinski definition) is 4. The van der Waals surface area contributed by atoms with Gasteiger partial charge in [-0.2, -0.15) is 5.10 Å². The van der Waals surface area contributed by atoms with E-state index < -0.39 is 5.97 Å². The van der Waals surface area contributed by atoms with Crippen molar-refractivity contribution in [2.45, 2.75) is 26.2 Å². The Morgan fingerprint density at radius 2 is 1.85 bits per heavy atom. The number of ether oxygens (including phenoxy) is 1. The van der Waals surface area contributed by atoms with Gasteiger partial charge in [0, 0.05) is 0 Å². The normalized spacial score (nSPS) is 11.4. The number of methoxy groups -OCH3 is 1. The molecule has 0 aliphatic heterocycles. The van der Waals surface area contributed by atoms with Gasteiger partial charge in [-0.05, 0) is 23.1 Å². The van der Waals surface area contributed by atoms with Crippen molar-refractivity contribution in [3.05, 3.63) is 41.6 Å². The van der Waals surface area contributed by atoms with E-state index in [0.29, 0.717) is 0 Å². The van der Waals surface area contributed by atoms with Crippen molar-refractivity contribution in [2.75, 3.05) is 12.8 Å². The van der Waals surface area contributed by atoms with E-state index in [1.54, 1.807) is 0 Å². The quantitative estimate of drug-likeness (QED) is 0.854. The van der Waals surface area contributed by atoms with E-state index in [4.69, 9.17) is 5.73 Å². The van der Waals surface area contributed by atoms with Crippen LogP contribution in [0.25, 0.3) is 5.69 Å². The van der Waals surface area contributed by atoms with Crippen molar-refractivity contribution >= 4 is 11.8 Å². The van der Waals surface area contributed by atoms with E-state index in [1.807, 2.05) is 24.3 Å². The van der Waals surface area contributed by atoms with E-state index in [9.17, 15) is 4.79 Å². The minimum Gasteiger partial charge on any atom is -0.465 e. The zero-order valence-electron chi connectivity index (χ0n) is 12.2. The number of benzene rings is 1. The van der Waals surface area contributed by atoms with Crippen molar-refractivity contribution < 1.29 is 9.53 Å². The van der Waals surface area contributed by atoms with Crippen LogP contribution < -0.4 is 5.73 Å². The molecule has 0 aliphatic rings. The summed E-state index contributed by atoms with van der Waals surface area (Å²) in [4.78, 5) is 11.5. The molecule has 0 amide bonds. The third kappa shape index (κ3) is 2.52. The molecular weight excluding hydrogens is 254 g/mol. The first-order chi connectivity index (χ1) is 9.34. The highest BCUT2D eigenvalue weighted by Gasteiger charge is 2.17. The fraction of sp³-hybridized carbons (Fsp3) is 0.333. The molecule has 106 valence electrons. The summed E-state index contributed by atoms with van der Waals surface area (Å²) < 4.78 is 6.18. The van der Waals surface area contributed by atoms with Crippen LogP contribution in [0.15, 0.2) is 30.5 Å². The van der Waals surface area contributed by atoms with Gasteiger partial charge >= 0.3 is 5.97 Å². The van der Waals surface area contributed by atoms with Crippen molar-refractivity contribution in [3.63, 3.8) is 0 Å². The Morgan fingerprint density at radius 3 is 2.35 bits per heavy atom. The van der Waals surface area contributed by atoms with Gasteiger partial charge in [-0.3, -0.25) is 0 Å². The predicted molar refractivity (Wildman–Crippen MR) is 78.0 cm³/mol. The zero-order valence-corrected chi connectivity index (χ0v) is 12.2. The number of aromatic nitrogens is 2. The molecule has 2 rings (SSSR count). The van der Waals surface area contributed by atoms with Gasteiger partial charge in [-0.1, -0.05) is 32.9 Å². The first-order valence-electron chi connectivity index (χ1n) is 6.37. The average molecular weight is 273 g/mol. The molecule has 0 spiro atoms. The third-order valence-corrected chi connectivity index (χ3v) is 3.19. The molecule has 2 N–H and O–H groups in total. The fourth-order valence-corrected chi connectivity index (χ4v) is 1.93. The van der Waals surface area contributed by atoms with Crippen molar-refractivity contribution in [2.24, 2.45) is 0 Å². The van der Waals surface area contributed by atoms with Gasteiger partial charge in [-0.15, -0.1) is 0 Å². The summed E-state index contributed by atoms with van der Waals surface area (Å²) in [6.45, 7) is 6.46. The summed E-state index contributed by atoms with van der Waals surface area (Å²) in [5.74, 6) is -0.208. The van der Waals surface area contributed by atoms with Gasteiger partial charge in [0.05, 0.1) is 19.0 Å². The Labute approximate surface area is 118 Å². The lowest BCUT2D eigenvalue weighted by atomic mass is 9.87. The first kappa shape index (κ1) is 14.1. The number of rotatable bonds is 2. The summed E-state index contributed by atoms with van der Waals surface area (Å²) >= 11 is 0. The lowest BCUT2D eigenvalue weighted by Crippen LogP contribution is -2.11. The average Bonchev–Trinajstić information content (AvgIpc) is 2.79. The van der Waals surface area contributed by atoms with E-state index in [2.05, 4.69) is 30.6 Å². The molecule has 5 heteroatoms. The number of anilines is 1. The molecule has 0 fully saturated rings. The number of carbonyl (C=O) groups excluding carboxylic acids is 1. The fourth-order valence-electron chi connectivity index (χ4n) is 1.93. The molecule has 0 atom stereocenters. The lowest BCUT2D eigenvalue weighted by Gasteiger charge is -2.19. The second-order valence-electron chi connectivity index (χ2n) is 5.64. The number of nitrogen functional groups attached to an aromatic ring is 1. The van der Waals surface area contributed by atoms with Crippen molar-refractivity contribution in [1.82, 2.24) is 9.78 Å². The summed E-state index contributed by atoms with van der Waals surface area (Å²) in [6.07, 6.45) is 1.42. The van der Waals surface area contributed by atoms with Crippen LogP contribution in [0.1, 0.15) is 36.7 Å². The molecule has 0 unspecified atom stereocenters. The number of carbonyl (C=O) groups is 1. The van der Waals surface area contributed by atoms with Crippen LogP contribution in [-0.4, -0.2) is 22.9 Å². The van der Waals surface area contributed by atoms with E-state index >= 15 is 0 Å². The molecule has 0 bridgehead atoms.